The van der Waals surface area contributed by atoms with Crippen LogP contribution in [0.5, 0.6) is 5.75 Å². The number of carbonyl (C=O) groups excluding carboxylic acids is 3. The van der Waals surface area contributed by atoms with Crippen molar-refractivity contribution in [3.05, 3.63) is 51.7 Å². The molecule has 22 heteroatoms. The number of hydrogen-bond donors (Lipinski definition) is 7. The number of likely N-dealkylation sites (tertiary alicyclic amines) is 1. The van der Waals surface area contributed by atoms with E-state index in [1.807, 2.05) is 4.90 Å². The Hall–Kier alpha value is -5.09. The van der Waals surface area contributed by atoms with Crippen LogP contribution in [0, 0.1) is 5.41 Å². The number of thiophene rings is 1. The summed E-state index contributed by atoms with van der Waals surface area (Å²) in [6.07, 6.45) is -8.63. The highest BCUT2D eigenvalue weighted by Crippen LogP contribution is 2.25. The minimum absolute atomic E-state index is 0.0770. The van der Waals surface area contributed by atoms with Crippen molar-refractivity contribution < 1.29 is 80.3 Å². The summed E-state index contributed by atoms with van der Waals surface area (Å²) >= 11 is 1.25. The number of nitrogens with zero attached hydrogens (tertiary/aromatic N) is 1. The molecule has 3 rings (SSSR count). The zero-order chi connectivity index (χ0) is 38.1. The predicted molar refractivity (Wildman–Crippen MR) is 156 cm³/mol. The number of carboxylic acids is 3. The largest absolute Gasteiger partial charge is 0.490 e. The van der Waals surface area contributed by atoms with E-state index in [9.17, 15) is 45.5 Å². The summed E-state index contributed by atoms with van der Waals surface area (Å²) in [5.74, 6) is -7.45. The number of aliphatic carboxylic acids is 3. The van der Waals surface area contributed by atoms with Gasteiger partial charge in [0.15, 0.2) is 0 Å². The molecular weight excluding hydrogens is 702 g/mol. The molecule has 1 aliphatic rings. The van der Waals surface area contributed by atoms with Gasteiger partial charge in [-0.15, -0.1) is 11.3 Å². The van der Waals surface area contributed by atoms with Crippen LogP contribution in [0.25, 0.3) is 0 Å². The van der Waals surface area contributed by atoms with Crippen LogP contribution in [-0.4, -0.2) is 105 Å². The molecule has 49 heavy (non-hydrogen) atoms. The first-order valence-electron chi connectivity index (χ1n) is 13.2. The standard InChI is InChI=1S/C22H24N4O6S.2C2HF3O2.CH4O/c23-19(24)13-3-5-14(6-4-13)32-22(31)18-8-7-15(33-18)12-26-10-1-2-17(26)20(28)25-16(9-11-27)21(29)30;2*3-2(4,5)1(6)7;1-2/h3-8,11,16-17H,1-2,9-10,12H2,(H3,23,24)(H,25,28)(H,29,30);2*(H,6,7);2H,1H3/t16-,17-;;;/m0.../s1. The number of amidine groups is 1. The molecule has 2 aromatic rings. The molecule has 1 amide bonds. The minimum Gasteiger partial charge on any atom is -0.480 e. The second-order valence-corrected chi connectivity index (χ2v) is 10.3. The summed E-state index contributed by atoms with van der Waals surface area (Å²) in [6.45, 7) is 1.08. The van der Waals surface area contributed by atoms with Gasteiger partial charge in [-0.2, -0.15) is 26.3 Å². The van der Waals surface area contributed by atoms with Crippen molar-refractivity contribution in [1.29, 1.82) is 5.41 Å². The first kappa shape index (κ1) is 43.9. The summed E-state index contributed by atoms with van der Waals surface area (Å²) in [6, 6.07) is 8.00. The number of nitrogens with one attached hydrogen (secondary N) is 2. The monoisotopic (exact) mass is 732 g/mol. The fourth-order valence-electron chi connectivity index (χ4n) is 3.53. The van der Waals surface area contributed by atoms with Gasteiger partial charge >= 0.3 is 36.2 Å². The number of aliphatic hydroxyl groups excluding tert-OH is 1. The van der Waals surface area contributed by atoms with Gasteiger partial charge in [-0.3, -0.25) is 15.1 Å². The average Bonchev–Trinajstić information content (AvgIpc) is 3.68. The van der Waals surface area contributed by atoms with Gasteiger partial charge in [0.2, 0.25) is 5.91 Å². The highest BCUT2D eigenvalue weighted by Gasteiger charge is 2.39. The zero-order valence-corrected chi connectivity index (χ0v) is 25.9. The molecule has 272 valence electrons. The van der Waals surface area contributed by atoms with E-state index >= 15 is 0 Å². The summed E-state index contributed by atoms with van der Waals surface area (Å²) < 4.78 is 68.8. The number of benzene rings is 1. The van der Waals surface area contributed by atoms with E-state index < -0.39 is 54.2 Å². The molecule has 0 saturated carbocycles. The summed E-state index contributed by atoms with van der Waals surface area (Å²) in [7, 11) is 1.00. The number of nitrogen functional groups attached to an aromatic ring is 1. The van der Waals surface area contributed by atoms with Gasteiger partial charge in [0.05, 0.1) is 6.04 Å². The number of aldehydes is 1. The van der Waals surface area contributed by atoms with Crippen LogP contribution in [0.15, 0.2) is 36.4 Å². The van der Waals surface area contributed by atoms with Gasteiger partial charge in [0.25, 0.3) is 0 Å². The first-order chi connectivity index (χ1) is 22.7. The number of carbonyl (C=O) groups is 6. The van der Waals surface area contributed by atoms with Crippen molar-refractivity contribution in [3.8, 4) is 5.75 Å². The average molecular weight is 733 g/mol. The maximum absolute atomic E-state index is 12.6. The number of nitrogens with two attached hydrogens (primary N) is 1. The number of rotatable bonds is 10. The van der Waals surface area contributed by atoms with Gasteiger partial charge in [-0.1, -0.05) is 0 Å². The van der Waals surface area contributed by atoms with E-state index in [1.54, 1.807) is 36.4 Å². The normalized spacial score (nSPS) is 14.6. The number of aliphatic hydroxyl groups is 1. The lowest BCUT2D eigenvalue weighted by Gasteiger charge is -2.24. The van der Waals surface area contributed by atoms with Crippen LogP contribution in [0.2, 0.25) is 0 Å². The summed E-state index contributed by atoms with van der Waals surface area (Å²) in [5.41, 5.74) is 5.94. The van der Waals surface area contributed by atoms with Gasteiger partial charge in [-0.25, -0.2) is 19.2 Å². The Morgan fingerprint density at radius 2 is 1.51 bits per heavy atom. The van der Waals surface area contributed by atoms with Gasteiger partial charge < -0.3 is 41.0 Å². The van der Waals surface area contributed by atoms with E-state index in [4.69, 9.17) is 45.9 Å². The maximum Gasteiger partial charge on any atom is 0.490 e. The number of hydrogen-bond acceptors (Lipinski definition) is 11. The fourth-order valence-corrected chi connectivity index (χ4v) is 4.44. The molecule has 0 bridgehead atoms. The molecule has 1 aliphatic heterocycles. The van der Waals surface area contributed by atoms with E-state index in [0.29, 0.717) is 42.0 Å². The molecule has 1 saturated heterocycles. The predicted octanol–water partition coefficient (Wildman–Crippen LogP) is 2.25. The molecule has 1 aromatic heterocycles. The minimum atomic E-state index is -5.08. The van der Waals surface area contributed by atoms with Crippen LogP contribution >= 0.6 is 11.3 Å². The van der Waals surface area contributed by atoms with Gasteiger partial charge in [-0.05, 0) is 55.8 Å². The highest BCUT2D eigenvalue weighted by molar-refractivity contribution is 7.13. The smallest absolute Gasteiger partial charge is 0.480 e. The molecule has 0 aliphatic carbocycles. The molecule has 0 unspecified atom stereocenters. The van der Waals surface area contributed by atoms with Gasteiger partial charge in [0, 0.05) is 30.5 Å². The van der Waals surface area contributed by atoms with E-state index in [-0.39, 0.29) is 12.3 Å². The van der Waals surface area contributed by atoms with E-state index in [2.05, 4.69) is 5.32 Å². The third kappa shape index (κ3) is 16.0. The van der Waals surface area contributed by atoms with Crippen LogP contribution < -0.4 is 15.8 Å². The van der Waals surface area contributed by atoms with Crippen LogP contribution in [0.1, 0.15) is 39.4 Å². The molecular formula is C27H30F6N4O11S. The number of amides is 1. The molecule has 0 spiro atoms. The van der Waals surface area contributed by atoms with Crippen LogP contribution in [-0.2, 0) is 30.5 Å². The first-order valence-corrected chi connectivity index (χ1v) is 14.0. The van der Waals surface area contributed by atoms with Crippen LogP contribution in [0.3, 0.4) is 0 Å². The number of alkyl halides is 6. The number of carboxylic acid groups (broad SMARTS) is 3. The highest BCUT2D eigenvalue weighted by atomic mass is 32.1. The third-order valence-corrected chi connectivity index (χ3v) is 6.75. The number of ether oxygens (including phenoxy) is 1. The fraction of sp³-hybridized carbons (Fsp3) is 0.370. The summed E-state index contributed by atoms with van der Waals surface area (Å²) in [5, 5.41) is 40.2. The zero-order valence-electron chi connectivity index (χ0n) is 25.1. The summed E-state index contributed by atoms with van der Waals surface area (Å²) in [4.78, 5) is 67.9. The molecule has 1 fully saturated rings. The molecule has 2 atom stereocenters. The Balaban J connectivity index is 0.00000120. The lowest BCUT2D eigenvalue weighted by Crippen LogP contribution is -2.49. The third-order valence-electron chi connectivity index (χ3n) is 5.70. The number of esters is 1. The molecule has 1 aromatic carbocycles. The Morgan fingerprint density at radius 1 is 1.00 bits per heavy atom. The quantitative estimate of drug-likeness (QED) is 0.0463. The van der Waals surface area contributed by atoms with Crippen molar-refractivity contribution >= 4 is 53.2 Å². The van der Waals surface area contributed by atoms with Crippen molar-refractivity contribution in [1.82, 2.24) is 10.2 Å². The van der Waals surface area contributed by atoms with Crippen molar-refractivity contribution in [3.63, 3.8) is 0 Å². The topological polar surface area (TPSA) is 258 Å². The maximum atomic E-state index is 12.6. The molecule has 0 radical (unpaired) electrons. The van der Waals surface area contributed by atoms with Crippen molar-refractivity contribution in [2.45, 2.75) is 50.2 Å². The number of halogens is 6. The Morgan fingerprint density at radius 3 is 1.94 bits per heavy atom. The Kier molecular flexibility index (Phi) is 18.2. The lowest BCUT2D eigenvalue weighted by molar-refractivity contribution is -0.193. The Labute approximate surface area is 276 Å². The van der Waals surface area contributed by atoms with Crippen LogP contribution in [0.4, 0.5) is 26.3 Å². The van der Waals surface area contributed by atoms with Crippen molar-refractivity contribution in [2.75, 3.05) is 13.7 Å². The van der Waals surface area contributed by atoms with Crippen molar-refractivity contribution in [2.24, 2.45) is 5.73 Å². The molecule has 15 nitrogen and oxygen atoms in total. The lowest BCUT2D eigenvalue weighted by atomic mass is 10.1. The van der Waals surface area contributed by atoms with E-state index in [0.717, 1.165) is 18.4 Å². The SMILES string of the molecule is CO.N=C(N)c1ccc(OC(=O)c2ccc(CN3CCC[C@H]3C(=O)N[C@@H](CC=O)C(=O)O)s2)cc1.O=C(O)C(F)(F)F.O=C(O)C(F)(F)F. The second-order valence-electron chi connectivity index (χ2n) is 9.13. The second kappa shape index (κ2) is 20.3. The Bertz CT molecular complexity index is 1430. The van der Waals surface area contributed by atoms with E-state index in [1.165, 1.54) is 11.3 Å². The van der Waals surface area contributed by atoms with Gasteiger partial charge in [0.1, 0.15) is 28.8 Å². The molecule has 8 N–H and O–H groups in total. The molecule has 2 heterocycles.